The Labute approximate surface area is 152 Å². The summed E-state index contributed by atoms with van der Waals surface area (Å²) in [6, 6.07) is 9.77. The van der Waals surface area contributed by atoms with Gasteiger partial charge in [0.15, 0.2) is 17.3 Å². The van der Waals surface area contributed by atoms with Gasteiger partial charge in [-0.15, -0.1) is 5.10 Å². The number of rotatable bonds is 4. The average molecular weight is 364 g/mol. The third-order valence-electron chi connectivity index (χ3n) is 3.87. The SMILES string of the molecule is Cc1cccc(-c2nc(Nc3ccncc3F)c3ccc(C(=O)O)n3n2)n1. The van der Waals surface area contributed by atoms with Crippen LogP contribution in [0.25, 0.3) is 17.0 Å². The van der Waals surface area contributed by atoms with Crippen molar-refractivity contribution in [3.63, 3.8) is 0 Å². The molecule has 4 heterocycles. The molecule has 134 valence electrons. The molecular formula is C18H13FN6O2. The van der Waals surface area contributed by atoms with Gasteiger partial charge in [-0.3, -0.25) is 4.98 Å². The Morgan fingerprint density at radius 3 is 2.78 bits per heavy atom. The molecular weight excluding hydrogens is 351 g/mol. The van der Waals surface area contributed by atoms with Gasteiger partial charge in [0.25, 0.3) is 0 Å². The van der Waals surface area contributed by atoms with E-state index in [-0.39, 0.29) is 23.0 Å². The molecule has 0 unspecified atom stereocenters. The van der Waals surface area contributed by atoms with Crippen LogP contribution in [0.1, 0.15) is 16.2 Å². The quantitative estimate of drug-likeness (QED) is 0.573. The van der Waals surface area contributed by atoms with Gasteiger partial charge in [0, 0.05) is 11.9 Å². The van der Waals surface area contributed by atoms with Crippen LogP contribution in [0.3, 0.4) is 0 Å². The van der Waals surface area contributed by atoms with Crippen LogP contribution < -0.4 is 5.32 Å². The molecule has 0 aromatic carbocycles. The lowest BCUT2D eigenvalue weighted by molar-refractivity contribution is 0.0688. The number of hydrogen-bond donors (Lipinski definition) is 2. The third kappa shape index (κ3) is 3.06. The molecule has 0 aliphatic rings. The lowest BCUT2D eigenvalue weighted by atomic mass is 10.3. The van der Waals surface area contributed by atoms with Gasteiger partial charge in [-0.05, 0) is 37.3 Å². The number of pyridine rings is 2. The second-order valence-electron chi connectivity index (χ2n) is 5.75. The van der Waals surface area contributed by atoms with E-state index >= 15 is 0 Å². The number of carboxylic acids is 1. The number of aromatic carboxylic acids is 1. The number of anilines is 2. The topological polar surface area (TPSA) is 105 Å². The first-order valence-corrected chi connectivity index (χ1v) is 7.96. The second kappa shape index (κ2) is 6.45. The molecule has 8 nitrogen and oxygen atoms in total. The lowest BCUT2D eigenvalue weighted by Gasteiger charge is -2.11. The van der Waals surface area contributed by atoms with E-state index in [1.165, 1.54) is 22.8 Å². The number of aromatic nitrogens is 5. The van der Waals surface area contributed by atoms with Gasteiger partial charge in [-0.2, -0.15) is 0 Å². The van der Waals surface area contributed by atoms with Crippen LogP contribution >= 0.6 is 0 Å². The van der Waals surface area contributed by atoms with Gasteiger partial charge >= 0.3 is 5.97 Å². The molecule has 0 spiro atoms. The Hall–Kier alpha value is -3.88. The van der Waals surface area contributed by atoms with E-state index in [2.05, 4.69) is 25.4 Å². The van der Waals surface area contributed by atoms with Crippen molar-refractivity contribution in [2.24, 2.45) is 0 Å². The van der Waals surface area contributed by atoms with Crippen molar-refractivity contribution in [3.05, 3.63) is 66.0 Å². The van der Waals surface area contributed by atoms with Gasteiger partial charge in [0.05, 0.1) is 11.9 Å². The fourth-order valence-electron chi connectivity index (χ4n) is 2.63. The number of nitrogens with one attached hydrogen (secondary N) is 1. The molecule has 0 bridgehead atoms. The molecule has 2 N–H and O–H groups in total. The maximum absolute atomic E-state index is 14.0. The first-order chi connectivity index (χ1) is 13.0. The summed E-state index contributed by atoms with van der Waals surface area (Å²) in [7, 11) is 0. The van der Waals surface area contributed by atoms with Gasteiger partial charge in [0.1, 0.15) is 11.2 Å². The van der Waals surface area contributed by atoms with Crippen molar-refractivity contribution in [2.45, 2.75) is 6.92 Å². The Morgan fingerprint density at radius 2 is 2.04 bits per heavy atom. The first kappa shape index (κ1) is 16.6. The summed E-state index contributed by atoms with van der Waals surface area (Å²) in [6.07, 6.45) is 2.51. The minimum Gasteiger partial charge on any atom is -0.477 e. The van der Waals surface area contributed by atoms with E-state index in [1.54, 1.807) is 18.2 Å². The van der Waals surface area contributed by atoms with Crippen molar-refractivity contribution in [1.29, 1.82) is 0 Å². The van der Waals surface area contributed by atoms with Crippen LogP contribution in [-0.4, -0.2) is 35.6 Å². The normalized spacial score (nSPS) is 10.9. The Bertz CT molecular complexity index is 1170. The molecule has 0 amide bonds. The molecule has 4 rings (SSSR count). The van der Waals surface area contributed by atoms with Crippen molar-refractivity contribution < 1.29 is 14.3 Å². The number of carboxylic acid groups (broad SMARTS) is 1. The molecule has 4 aromatic rings. The Balaban J connectivity index is 1.93. The van der Waals surface area contributed by atoms with Crippen LogP contribution in [0.15, 0.2) is 48.8 Å². The summed E-state index contributed by atoms with van der Waals surface area (Å²) in [5.41, 5.74) is 1.74. The van der Waals surface area contributed by atoms with Crippen LogP contribution in [0, 0.1) is 12.7 Å². The number of nitrogens with zero attached hydrogens (tertiary/aromatic N) is 5. The molecule has 0 saturated carbocycles. The monoisotopic (exact) mass is 364 g/mol. The Morgan fingerprint density at radius 1 is 1.19 bits per heavy atom. The zero-order valence-corrected chi connectivity index (χ0v) is 14.1. The fraction of sp³-hybridized carbons (Fsp3) is 0.0556. The highest BCUT2D eigenvalue weighted by atomic mass is 19.1. The number of aryl methyl sites for hydroxylation is 1. The van der Waals surface area contributed by atoms with E-state index in [9.17, 15) is 14.3 Å². The summed E-state index contributed by atoms with van der Waals surface area (Å²) >= 11 is 0. The second-order valence-corrected chi connectivity index (χ2v) is 5.75. The first-order valence-electron chi connectivity index (χ1n) is 7.96. The van der Waals surface area contributed by atoms with Gasteiger partial charge in [-0.1, -0.05) is 6.07 Å². The van der Waals surface area contributed by atoms with Crippen molar-refractivity contribution in [1.82, 2.24) is 24.6 Å². The number of hydrogen-bond acceptors (Lipinski definition) is 6. The fourth-order valence-corrected chi connectivity index (χ4v) is 2.63. The zero-order valence-electron chi connectivity index (χ0n) is 14.1. The molecule has 0 aliphatic carbocycles. The van der Waals surface area contributed by atoms with E-state index in [4.69, 9.17) is 0 Å². The summed E-state index contributed by atoms with van der Waals surface area (Å²) < 4.78 is 15.2. The highest BCUT2D eigenvalue weighted by molar-refractivity contribution is 5.89. The highest BCUT2D eigenvalue weighted by Crippen LogP contribution is 2.25. The van der Waals surface area contributed by atoms with Crippen LogP contribution in [0.4, 0.5) is 15.9 Å². The van der Waals surface area contributed by atoms with Gasteiger partial charge in [0.2, 0.25) is 5.82 Å². The number of fused-ring (bicyclic) bond motifs is 1. The molecule has 0 atom stereocenters. The molecule has 27 heavy (non-hydrogen) atoms. The van der Waals surface area contributed by atoms with E-state index in [0.717, 1.165) is 11.9 Å². The summed E-state index contributed by atoms with van der Waals surface area (Å²) in [4.78, 5) is 24.0. The van der Waals surface area contributed by atoms with E-state index in [0.29, 0.717) is 11.2 Å². The molecule has 0 aliphatic heterocycles. The predicted octanol–water partition coefficient (Wildman–Crippen LogP) is 3.08. The van der Waals surface area contributed by atoms with Crippen LogP contribution in [0.5, 0.6) is 0 Å². The molecule has 0 fully saturated rings. The standard InChI is InChI=1S/C18H13FN6O2/c1-10-3-2-4-13(21-10)16-23-17(22-12-7-8-20-9-11(12)19)14-5-6-15(18(26)27)25(14)24-16/h2-9H,1H3,(H,26,27)(H,20,22,23,24). The van der Waals surface area contributed by atoms with Crippen molar-refractivity contribution in [3.8, 4) is 11.5 Å². The summed E-state index contributed by atoms with van der Waals surface area (Å²) in [5.74, 6) is -1.24. The highest BCUT2D eigenvalue weighted by Gasteiger charge is 2.18. The lowest BCUT2D eigenvalue weighted by Crippen LogP contribution is -2.09. The van der Waals surface area contributed by atoms with Gasteiger partial charge < -0.3 is 10.4 Å². The molecule has 4 aromatic heterocycles. The average Bonchev–Trinajstić information content (AvgIpc) is 3.08. The molecule has 0 radical (unpaired) electrons. The third-order valence-corrected chi connectivity index (χ3v) is 3.87. The zero-order chi connectivity index (χ0) is 19.0. The van der Waals surface area contributed by atoms with Crippen molar-refractivity contribution >= 4 is 23.0 Å². The summed E-state index contributed by atoms with van der Waals surface area (Å²) in [6.45, 7) is 1.83. The maximum atomic E-state index is 14.0. The molecule has 0 saturated heterocycles. The minimum atomic E-state index is -1.14. The molecule has 9 heteroatoms. The van der Waals surface area contributed by atoms with Crippen LogP contribution in [-0.2, 0) is 0 Å². The van der Waals surface area contributed by atoms with Crippen LogP contribution in [0.2, 0.25) is 0 Å². The van der Waals surface area contributed by atoms with Crippen molar-refractivity contribution in [2.75, 3.05) is 5.32 Å². The van der Waals surface area contributed by atoms with Gasteiger partial charge in [-0.25, -0.2) is 23.7 Å². The smallest absolute Gasteiger partial charge is 0.354 e. The Kier molecular flexibility index (Phi) is 3.96. The summed E-state index contributed by atoms with van der Waals surface area (Å²) in [5, 5.41) is 16.6. The van der Waals surface area contributed by atoms with E-state index < -0.39 is 11.8 Å². The van der Waals surface area contributed by atoms with E-state index in [1.807, 2.05) is 13.0 Å². The minimum absolute atomic E-state index is 0.0421. The number of carbonyl (C=O) groups is 1. The largest absolute Gasteiger partial charge is 0.477 e. The number of halogens is 1. The predicted molar refractivity (Wildman–Crippen MR) is 95.4 cm³/mol. The maximum Gasteiger partial charge on any atom is 0.354 e.